The van der Waals surface area contributed by atoms with Gasteiger partial charge in [-0.2, -0.15) is 0 Å². The first kappa shape index (κ1) is 92.7. The van der Waals surface area contributed by atoms with Gasteiger partial charge in [0, 0.05) is 27.7 Å². The Bertz CT molecular complexity index is 2900. The Morgan fingerprint density at radius 1 is 0.333 bits per heavy atom. The third-order valence-corrected chi connectivity index (χ3v) is 20.0. The van der Waals surface area contributed by atoms with E-state index in [-0.39, 0.29) is 0 Å². The van der Waals surface area contributed by atoms with Crippen molar-refractivity contribution in [2.75, 3.05) is 59.5 Å². The van der Waals surface area contributed by atoms with Crippen molar-refractivity contribution in [2.45, 2.75) is 304 Å². The number of aliphatic hydroxyl groups is 25. The third kappa shape index (κ3) is 21.4. The molecule has 8 aliphatic heterocycles. The van der Waals surface area contributed by atoms with Crippen molar-refractivity contribution in [1.29, 1.82) is 0 Å². The second-order valence-electron chi connectivity index (χ2n) is 28.0. The highest BCUT2D eigenvalue weighted by Gasteiger charge is 2.60. The summed E-state index contributed by atoms with van der Waals surface area (Å²) in [5.41, 5.74) is 0. The predicted molar refractivity (Wildman–Crippen MR) is 344 cm³/mol. The highest BCUT2D eigenvalue weighted by Crippen LogP contribution is 2.39. The molecule has 8 aliphatic rings. The Kier molecular flexibility index (Phi) is 34.3. The molecule has 0 radical (unpaired) electrons. The molecule has 0 saturated carbocycles. The topological polar surface area (TPSA) is 770 Å². The lowest BCUT2D eigenvalue weighted by atomic mass is 9.94. The van der Waals surface area contributed by atoms with Gasteiger partial charge in [-0.05, 0) is 6.92 Å². The van der Waals surface area contributed by atoms with Crippen molar-refractivity contribution in [3.8, 4) is 0 Å². The molecule has 8 rings (SSSR count). The molecule has 44 atom stereocenters. The molecule has 8 fully saturated rings. The van der Waals surface area contributed by atoms with E-state index in [4.69, 9.17) is 75.8 Å². The number of carbonyl (C=O) groups excluding carboxylic acids is 4. The van der Waals surface area contributed by atoms with E-state index in [9.17, 15) is 147 Å². The van der Waals surface area contributed by atoms with E-state index in [0.717, 1.165) is 27.7 Å². The third-order valence-electron chi connectivity index (χ3n) is 20.0. The summed E-state index contributed by atoms with van der Waals surface area (Å²) >= 11 is 0. The van der Waals surface area contributed by atoms with E-state index in [1.807, 2.05) is 0 Å². The molecule has 0 aromatic rings. The number of nitrogens with one attached hydrogen (secondary N) is 4. The van der Waals surface area contributed by atoms with Gasteiger partial charge >= 0.3 is 0 Å². The lowest BCUT2D eigenvalue weighted by molar-refractivity contribution is -0.398. The summed E-state index contributed by atoms with van der Waals surface area (Å²) in [6.07, 6.45) is -83.0. The fourth-order valence-corrected chi connectivity index (χ4v) is 13.9. The maximum absolute atomic E-state index is 13.1. The van der Waals surface area contributed by atoms with Gasteiger partial charge in [-0.1, -0.05) is 0 Å². The largest absolute Gasteiger partial charge is 0.394 e. The van der Waals surface area contributed by atoms with Gasteiger partial charge in [0.15, 0.2) is 50.3 Å². The van der Waals surface area contributed by atoms with Crippen molar-refractivity contribution in [3.05, 3.63) is 0 Å². The normalized spacial score (nSPS) is 46.3. The Morgan fingerprint density at radius 2 is 0.703 bits per heavy atom. The summed E-state index contributed by atoms with van der Waals surface area (Å²) in [4.78, 5) is 50.8. The Balaban J connectivity index is 1.15. The minimum atomic E-state index is -2.60. The SMILES string of the molecule is CC(=O)N[C@@H](CO)[C@@H](O)[C@H](OC1O[C@H](CO)[C@@H](OC2O[C@H](COC3O[C@H](CO)[C@@H](O)[C@H](O)[C@@H]3OC3O[C@H](CO)[C@@H](O)[C@H](O)[C@H]3NC(C)=O)[C@@H](O)[C@H](OC3O[C@H](CO)[C@@H](O)[C@H](O)[C@@H]3OC3O[C@H](CO)[C@@H](OC4O[C@H](CO)[C@H](O)[C@H](O)[C@H]4O)[C@H](O)[C@H]3NC(C)=O)[C@@H]2O)[C@H](O)[C@H]1NC(C)=O)[C@H](O)COC1O[C@@H](C)[C@@H](O)[C@@H](O)[C@@H]1O. The van der Waals surface area contributed by atoms with E-state index in [1.54, 1.807) is 0 Å². The average molecular weight is 1630 g/mol. The average Bonchev–Trinajstić information content (AvgIpc) is 0.770. The fraction of sp³-hybridized carbons (Fsp3) is 0.935. The van der Waals surface area contributed by atoms with E-state index in [2.05, 4.69) is 21.3 Å². The quantitative estimate of drug-likeness (QED) is 0.0297. The van der Waals surface area contributed by atoms with Gasteiger partial charge in [-0.3, -0.25) is 19.2 Å². The summed E-state index contributed by atoms with van der Waals surface area (Å²) < 4.78 is 94.5. The maximum Gasteiger partial charge on any atom is 0.217 e. The number of carbonyl (C=O) groups is 4. The molecule has 29 N–H and O–H groups in total. The zero-order valence-corrected chi connectivity index (χ0v) is 60.1. The molecule has 0 aromatic carbocycles. The van der Waals surface area contributed by atoms with E-state index >= 15 is 0 Å². The van der Waals surface area contributed by atoms with Crippen LogP contribution in [0.4, 0.5) is 0 Å². The zero-order chi connectivity index (χ0) is 82.2. The predicted octanol–water partition coefficient (Wildman–Crippen LogP) is -19.4. The van der Waals surface area contributed by atoms with Crippen molar-refractivity contribution in [1.82, 2.24) is 21.3 Å². The lowest BCUT2D eigenvalue weighted by Crippen LogP contribution is -2.70. The summed E-state index contributed by atoms with van der Waals surface area (Å²) in [5, 5.41) is 287. The molecule has 49 heteroatoms. The molecular weight excluding hydrogens is 1520 g/mol. The van der Waals surface area contributed by atoms with Gasteiger partial charge < -0.3 is 225 Å². The Labute approximate surface area is 629 Å². The van der Waals surface area contributed by atoms with Crippen molar-refractivity contribution >= 4 is 23.6 Å². The molecule has 8 heterocycles. The van der Waals surface area contributed by atoms with Gasteiger partial charge in [0.2, 0.25) is 23.6 Å². The minimum absolute atomic E-state index is 0.849. The summed E-state index contributed by atoms with van der Waals surface area (Å²) in [6, 6.07) is -7.47. The molecule has 49 nitrogen and oxygen atoms in total. The smallest absolute Gasteiger partial charge is 0.217 e. The van der Waals surface area contributed by atoms with Gasteiger partial charge in [0.25, 0.3) is 0 Å². The molecule has 0 aromatic heterocycles. The maximum atomic E-state index is 13.1. The second kappa shape index (κ2) is 41.1. The van der Waals surface area contributed by atoms with E-state index < -0.39 is 353 Å². The molecule has 4 amide bonds. The molecule has 111 heavy (non-hydrogen) atoms. The molecular formula is C62H106N4O45. The number of amides is 4. The van der Waals surface area contributed by atoms with E-state index in [1.165, 1.54) is 6.92 Å². The summed E-state index contributed by atoms with van der Waals surface area (Å²) in [6.45, 7) is -4.83. The van der Waals surface area contributed by atoms with Crippen molar-refractivity contribution in [3.63, 3.8) is 0 Å². The van der Waals surface area contributed by atoms with Crippen LogP contribution in [-0.4, -0.2) is 481 Å². The first-order valence-electron chi connectivity index (χ1n) is 35.4. The van der Waals surface area contributed by atoms with Gasteiger partial charge in [0.1, 0.15) is 207 Å². The lowest BCUT2D eigenvalue weighted by Gasteiger charge is -2.51. The van der Waals surface area contributed by atoms with Crippen LogP contribution in [-0.2, 0) is 95.0 Å². The van der Waals surface area contributed by atoms with Crippen molar-refractivity contribution < 1.29 is 223 Å². The Morgan fingerprint density at radius 3 is 1.18 bits per heavy atom. The van der Waals surface area contributed by atoms with Crippen LogP contribution in [0.15, 0.2) is 0 Å². The van der Waals surface area contributed by atoms with Gasteiger partial charge in [-0.15, -0.1) is 0 Å². The minimum Gasteiger partial charge on any atom is -0.394 e. The van der Waals surface area contributed by atoms with Crippen LogP contribution in [0.2, 0.25) is 0 Å². The number of aliphatic hydroxyl groups excluding tert-OH is 25. The summed E-state index contributed by atoms with van der Waals surface area (Å²) in [5.74, 6) is -3.67. The van der Waals surface area contributed by atoms with Gasteiger partial charge in [0.05, 0.1) is 71.6 Å². The first-order chi connectivity index (χ1) is 52.4. The fourth-order valence-electron chi connectivity index (χ4n) is 13.9. The van der Waals surface area contributed by atoms with Crippen LogP contribution in [0.5, 0.6) is 0 Å². The number of hydrogen-bond donors (Lipinski definition) is 29. The van der Waals surface area contributed by atoms with E-state index in [0.29, 0.717) is 0 Å². The highest BCUT2D eigenvalue weighted by atomic mass is 16.8. The van der Waals surface area contributed by atoms with Crippen molar-refractivity contribution in [2.24, 2.45) is 0 Å². The first-order valence-corrected chi connectivity index (χ1v) is 35.4. The molecule has 0 spiro atoms. The molecule has 8 saturated heterocycles. The molecule has 644 valence electrons. The Hall–Kier alpha value is -3.76. The van der Waals surface area contributed by atoms with Crippen LogP contribution in [0.3, 0.4) is 0 Å². The monoisotopic (exact) mass is 1630 g/mol. The van der Waals surface area contributed by atoms with Crippen LogP contribution in [0.25, 0.3) is 0 Å². The molecule has 0 bridgehead atoms. The van der Waals surface area contributed by atoms with Crippen LogP contribution in [0.1, 0.15) is 34.6 Å². The summed E-state index contributed by atoms with van der Waals surface area (Å²) in [7, 11) is 0. The number of ether oxygens (including phenoxy) is 16. The number of hydrogen-bond acceptors (Lipinski definition) is 45. The van der Waals surface area contributed by atoms with Crippen LogP contribution in [0, 0.1) is 0 Å². The molecule has 0 aliphatic carbocycles. The second-order valence-corrected chi connectivity index (χ2v) is 28.0. The van der Waals surface area contributed by atoms with Crippen LogP contribution < -0.4 is 21.3 Å². The highest BCUT2D eigenvalue weighted by molar-refractivity contribution is 5.74. The van der Waals surface area contributed by atoms with Gasteiger partial charge in [-0.25, -0.2) is 0 Å². The zero-order valence-electron chi connectivity index (χ0n) is 60.1. The van der Waals surface area contributed by atoms with Crippen LogP contribution >= 0.6 is 0 Å². The standard InChI is InChI=1S/C62H106N4O45/c1-15-32(79)42(89)46(93)58(98-15)96-13-21(78)49(33(80)20(6-67)63-16(2)74)106-56-30(65-18(4)76)40(87)51(27(12-73)103-56)108-60-48(95)52(38(85)28(105-60)14-97-61-53(44(91)36(83)24(9-70)101-61)110-55-29(64-17(3)75)39(86)34(81)22(7-68)99-55)109-62-54(45(92)37(84)25(10-71)102-62)111-57-31(66-19(5)77)41(88)50(26(11-72)104-57)107-59-47(94)43(90)35(82)23(8-69)100-59/h15,20-62,67-73,78-95H,6-14H2,1-5H3,(H,63,74)(H,64,75)(H,65,76)(H,66,77)/t15-,20-,21+,22+,23+,24+,25+,26+,27+,28+,29+,30+,31+,32+,33+,34+,35-,36+,37+,38+,39+,40+,41+,42+,43-,44-,45-,46-,47+,48-,49+,50+,51+,52-,53-,54-,55?,56?,57?,58?,59?,60?,61?,62?/m0/s1. The number of rotatable bonds is 32. The molecule has 8 unspecified atom stereocenters.